The van der Waals surface area contributed by atoms with Crippen LogP contribution in [0, 0.1) is 5.92 Å². The lowest BCUT2D eigenvalue weighted by atomic mass is 10.1. The van der Waals surface area contributed by atoms with Crippen LogP contribution >= 0.6 is 15.9 Å². The number of methoxy groups -OCH3 is 1. The van der Waals surface area contributed by atoms with Crippen LogP contribution in [0.1, 0.15) is 26.3 Å². The van der Waals surface area contributed by atoms with E-state index in [4.69, 9.17) is 9.47 Å². The van der Waals surface area contributed by atoms with Crippen LogP contribution in [0.2, 0.25) is 0 Å². The monoisotopic (exact) mass is 383 g/mol. The van der Waals surface area contributed by atoms with Gasteiger partial charge in [0.25, 0.3) is 5.91 Å². The molecular weight excluding hydrogens is 362 g/mol. The van der Waals surface area contributed by atoms with E-state index in [-0.39, 0.29) is 18.6 Å². The first-order valence-electron chi connectivity index (χ1n) is 7.31. The molecule has 0 saturated carbocycles. The van der Waals surface area contributed by atoms with Crippen molar-refractivity contribution >= 4 is 33.9 Å². The third kappa shape index (κ3) is 6.86. The predicted molar refractivity (Wildman–Crippen MR) is 93.1 cm³/mol. The van der Waals surface area contributed by atoms with Crippen molar-refractivity contribution in [3.8, 4) is 5.75 Å². The normalized spacial score (nSPS) is 12.3. The molecule has 1 rings (SSSR count). The maximum absolute atomic E-state index is 11.7. The van der Waals surface area contributed by atoms with E-state index in [1.54, 1.807) is 19.3 Å². The summed E-state index contributed by atoms with van der Waals surface area (Å²) in [5, 5.41) is 2.77. The van der Waals surface area contributed by atoms with Gasteiger partial charge in [-0.1, -0.05) is 29.8 Å². The first-order valence-corrected chi connectivity index (χ1v) is 8.10. The molecule has 0 aromatic heterocycles. The number of carbonyl (C=O) groups is 2. The Morgan fingerprint density at radius 3 is 2.61 bits per heavy atom. The number of carbonyl (C=O) groups excluding carboxylic acids is 2. The van der Waals surface area contributed by atoms with Gasteiger partial charge in [0.05, 0.1) is 7.11 Å². The lowest BCUT2D eigenvalue weighted by Crippen LogP contribution is -2.38. The van der Waals surface area contributed by atoms with Gasteiger partial charge in [0, 0.05) is 22.2 Å². The van der Waals surface area contributed by atoms with Gasteiger partial charge in [-0.05, 0) is 37.1 Å². The molecule has 0 saturated heterocycles. The molecule has 0 fully saturated rings. The van der Waals surface area contributed by atoms with Crippen LogP contribution in [0.5, 0.6) is 5.75 Å². The zero-order valence-corrected chi connectivity index (χ0v) is 15.3. The number of benzene rings is 1. The van der Waals surface area contributed by atoms with E-state index in [1.165, 1.54) is 6.08 Å². The van der Waals surface area contributed by atoms with E-state index >= 15 is 0 Å². The number of rotatable bonds is 7. The number of hydrogen-bond donors (Lipinski definition) is 1. The number of nitrogens with one attached hydrogen (secondary N) is 1. The second kappa shape index (κ2) is 9.35. The number of ether oxygens (including phenoxy) is 2. The standard InChI is InChI=1S/C17H22BrNO4/c1-11(2)12(3)19-16(20)10-23-17(21)8-5-13-9-14(18)6-7-15(13)22-4/h5-9,11-12H,10H2,1-4H3,(H,19,20)/b8-5+/t12-/m1/s1. The zero-order chi connectivity index (χ0) is 17.4. The summed E-state index contributed by atoms with van der Waals surface area (Å²) in [6.45, 7) is 5.62. The van der Waals surface area contributed by atoms with E-state index in [1.807, 2.05) is 32.9 Å². The van der Waals surface area contributed by atoms with Crippen LogP contribution in [0.3, 0.4) is 0 Å². The Hall–Kier alpha value is -1.82. The molecule has 0 aliphatic carbocycles. The minimum Gasteiger partial charge on any atom is -0.496 e. The van der Waals surface area contributed by atoms with E-state index in [9.17, 15) is 9.59 Å². The zero-order valence-electron chi connectivity index (χ0n) is 13.8. The SMILES string of the molecule is COc1ccc(Br)cc1/C=C/C(=O)OCC(=O)N[C@H](C)C(C)C. The third-order valence-electron chi connectivity index (χ3n) is 3.32. The average Bonchev–Trinajstić information content (AvgIpc) is 2.50. The van der Waals surface area contributed by atoms with Crippen molar-refractivity contribution < 1.29 is 19.1 Å². The molecule has 1 N–H and O–H groups in total. The van der Waals surface area contributed by atoms with Crippen LogP contribution in [0.15, 0.2) is 28.7 Å². The summed E-state index contributed by atoms with van der Waals surface area (Å²) < 4.78 is 11.0. The highest BCUT2D eigenvalue weighted by atomic mass is 79.9. The number of esters is 1. The molecule has 1 aromatic carbocycles. The molecule has 0 aliphatic rings. The van der Waals surface area contributed by atoms with Crippen LogP contribution in [0.25, 0.3) is 6.08 Å². The van der Waals surface area contributed by atoms with Gasteiger partial charge in [-0.2, -0.15) is 0 Å². The highest BCUT2D eigenvalue weighted by molar-refractivity contribution is 9.10. The fraction of sp³-hybridized carbons (Fsp3) is 0.412. The minimum absolute atomic E-state index is 0.0303. The van der Waals surface area contributed by atoms with Crippen molar-refractivity contribution in [1.29, 1.82) is 0 Å². The fourth-order valence-electron chi connectivity index (χ4n) is 1.64. The first kappa shape index (κ1) is 19.2. The van der Waals surface area contributed by atoms with Crippen molar-refractivity contribution in [2.75, 3.05) is 13.7 Å². The number of hydrogen-bond acceptors (Lipinski definition) is 4. The van der Waals surface area contributed by atoms with Crippen molar-refractivity contribution in [2.45, 2.75) is 26.8 Å². The Morgan fingerprint density at radius 1 is 1.30 bits per heavy atom. The maximum Gasteiger partial charge on any atom is 0.331 e. The summed E-state index contributed by atoms with van der Waals surface area (Å²) in [6, 6.07) is 5.48. The van der Waals surface area contributed by atoms with Gasteiger partial charge in [-0.3, -0.25) is 4.79 Å². The lowest BCUT2D eigenvalue weighted by Gasteiger charge is -2.17. The molecule has 0 aliphatic heterocycles. The van der Waals surface area contributed by atoms with Gasteiger partial charge in [0.2, 0.25) is 0 Å². The summed E-state index contributed by atoms with van der Waals surface area (Å²) in [6.07, 6.45) is 2.85. The molecular formula is C17H22BrNO4. The molecule has 0 radical (unpaired) electrons. The molecule has 6 heteroatoms. The second-order valence-corrected chi connectivity index (χ2v) is 6.34. The van der Waals surface area contributed by atoms with Crippen molar-refractivity contribution in [2.24, 2.45) is 5.92 Å². The average molecular weight is 384 g/mol. The second-order valence-electron chi connectivity index (χ2n) is 5.43. The quantitative estimate of drug-likeness (QED) is 0.579. The Kier molecular flexibility index (Phi) is 7.81. The summed E-state index contributed by atoms with van der Waals surface area (Å²) in [4.78, 5) is 23.3. The molecule has 126 valence electrons. The van der Waals surface area contributed by atoms with Gasteiger partial charge >= 0.3 is 5.97 Å². The molecule has 0 unspecified atom stereocenters. The summed E-state index contributed by atoms with van der Waals surface area (Å²) in [5.74, 6) is 0.0617. The van der Waals surface area contributed by atoms with Crippen LogP contribution in [-0.2, 0) is 14.3 Å². The molecule has 1 atom stereocenters. The van der Waals surface area contributed by atoms with E-state index in [0.29, 0.717) is 11.7 Å². The molecule has 1 amide bonds. The first-order chi connectivity index (χ1) is 10.8. The third-order valence-corrected chi connectivity index (χ3v) is 3.82. The van der Waals surface area contributed by atoms with Gasteiger partial charge in [-0.25, -0.2) is 4.79 Å². The van der Waals surface area contributed by atoms with Crippen molar-refractivity contribution in [3.05, 3.63) is 34.3 Å². The van der Waals surface area contributed by atoms with E-state index < -0.39 is 5.97 Å². The Bertz CT molecular complexity index is 584. The molecule has 1 aromatic rings. The smallest absolute Gasteiger partial charge is 0.331 e. The van der Waals surface area contributed by atoms with Gasteiger partial charge in [-0.15, -0.1) is 0 Å². The lowest BCUT2D eigenvalue weighted by molar-refractivity contribution is -0.144. The molecule has 5 nitrogen and oxygen atoms in total. The van der Waals surface area contributed by atoms with Gasteiger partial charge < -0.3 is 14.8 Å². The number of halogens is 1. The molecule has 23 heavy (non-hydrogen) atoms. The summed E-state index contributed by atoms with van der Waals surface area (Å²) in [7, 11) is 1.55. The van der Waals surface area contributed by atoms with Crippen molar-refractivity contribution in [3.63, 3.8) is 0 Å². The summed E-state index contributed by atoms with van der Waals surface area (Å²) in [5.41, 5.74) is 0.733. The predicted octanol–water partition coefficient (Wildman–Crippen LogP) is 3.17. The van der Waals surface area contributed by atoms with Crippen LogP contribution < -0.4 is 10.1 Å². The van der Waals surface area contributed by atoms with E-state index in [0.717, 1.165) is 10.0 Å². The molecule has 0 spiro atoms. The summed E-state index contributed by atoms with van der Waals surface area (Å²) >= 11 is 3.36. The minimum atomic E-state index is -0.584. The van der Waals surface area contributed by atoms with Crippen LogP contribution in [0.4, 0.5) is 0 Å². The van der Waals surface area contributed by atoms with E-state index in [2.05, 4.69) is 21.2 Å². The Labute approximate surface area is 145 Å². The van der Waals surface area contributed by atoms with Gasteiger partial charge in [0.1, 0.15) is 5.75 Å². The Balaban J connectivity index is 2.54. The van der Waals surface area contributed by atoms with Gasteiger partial charge in [0.15, 0.2) is 6.61 Å². The molecule has 0 bridgehead atoms. The maximum atomic E-state index is 11.7. The highest BCUT2D eigenvalue weighted by Gasteiger charge is 2.12. The fourth-order valence-corrected chi connectivity index (χ4v) is 2.02. The molecule has 0 heterocycles. The largest absolute Gasteiger partial charge is 0.496 e. The van der Waals surface area contributed by atoms with Crippen LogP contribution in [-0.4, -0.2) is 31.6 Å². The van der Waals surface area contributed by atoms with Crippen molar-refractivity contribution in [1.82, 2.24) is 5.32 Å². The number of amides is 1. The highest BCUT2D eigenvalue weighted by Crippen LogP contribution is 2.24. The Morgan fingerprint density at radius 2 is 2.00 bits per heavy atom. The topological polar surface area (TPSA) is 64.6 Å².